The lowest BCUT2D eigenvalue weighted by atomic mass is 9.75. The van der Waals surface area contributed by atoms with Gasteiger partial charge in [0.2, 0.25) is 0 Å². The quantitative estimate of drug-likeness (QED) is 0.757. The average molecular weight is 340 g/mol. The van der Waals surface area contributed by atoms with E-state index in [0.717, 1.165) is 30.2 Å². The molecule has 1 heterocycles. The Bertz CT molecular complexity index is 725. The van der Waals surface area contributed by atoms with Crippen molar-refractivity contribution in [2.75, 3.05) is 6.54 Å². The maximum absolute atomic E-state index is 12.6. The first-order valence-corrected chi connectivity index (χ1v) is 9.08. The number of carbonyl (C=O) groups is 2. The van der Waals surface area contributed by atoms with Crippen molar-refractivity contribution in [3.05, 3.63) is 40.3 Å². The predicted molar refractivity (Wildman–Crippen MR) is 95.0 cm³/mol. The van der Waals surface area contributed by atoms with Gasteiger partial charge in [0, 0.05) is 6.54 Å². The molecule has 2 aliphatic rings. The molecule has 0 radical (unpaired) electrons. The normalized spacial score (nSPS) is 22.0. The van der Waals surface area contributed by atoms with Crippen LogP contribution < -0.4 is 0 Å². The van der Waals surface area contributed by atoms with E-state index in [9.17, 15) is 9.59 Å². The van der Waals surface area contributed by atoms with Crippen LogP contribution in [0.4, 0.5) is 4.79 Å². The number of nitrogens with zero attached hydrogens (tertiary/aromatic N) is 2. The Morgan fingerprint density at radius 1 is 1.21 bits per heavy atom. The Hall–Kier alpha value is -2.06. The van der Waals surface area contributed by atoms with Crippen LogP contribution in [0, 0.1) is 16.7 Å². The summed E-state index contributed by atoms with van der Waals surface area (Å²) in [6.45, 7) is 2.70. The first kappa shape index (κ1) is 16.8. The maximum atomic E-state index is 12.6. The van der Waals surface area contributed by atoms with Crippen molar-refractivity contribution in [3.63, 3.8) is 0 Å². The molecule has 1 aromatic carbocycles. The molecule has 0 unspecified atom stereocenters. The Morgan fingerprint density at radius 3 is 2.50 bits per heavy atom. The second-order valence-corrected chi connectivity index (χ2v) is 7.87. The highest BCUT2D eigenvalue weighted by Crippen LogP contribution is 2.40. The van der Waals surface area contributed by atoms with Crippen molar-refractivity contribution < 1.29 is 9.59 Å². The second-order valence-electron chi connectivity index (χ2n) is 6.87. The molecular formula is C19H20N2O2S. The standard InChI is InChI=1S/C19H20N2O2S/c1-19(9-3-2-4-10-19)13-21-17(22)16(24-18(21)23)11-14-5-7-15(12-20)8-6-14/h5-8,11H,2-4,9-10,13H2,1H3. The number of carbonyl (C=O) groups excluding carboxylic acids is 2. The van der Waals surface area contributed by atoms with Gasteiger partial charge >= 0.3 is 0 Å². The maximum Gasteiger partial charge on any atom is 0.293 e. The van der Waals surface area contributed by atoms with Crippen molar-refractivity contribution in [1.82, 2.24) is 4.90 Å². The van der Waals surface area contributed by atoms with Crippen LogP contribution in [0.25, 0.3) is 6.08 Å². The fourth-order valence-electron chi connectivity index (χ4n) is 3.39. The zero-order chi connectivity index (χ0) is 17.2. The summed E-state index contributed by atoms with van der Waals surface area (Å²) in [6, 6.07) is 9.05. The van der Waals surface area contributed by atoms with Crippen LogP contribution in [0.1, 0.15) is 50.2 Å². The molecule has 0 bridgehead atoms. The summed E-state index contributed by atoms with van der Waals surface area (Å²) in [5.74, 6) is -0.193. The molecule has 2 fully saturated rings. The highest BCUT2D eigenvalue weighted by Gasteiger charge is 2.40. The average Bonchev–Trinajstić information content (AvgIpc) is 2.83. The van der Waals surface area contributed by atoms with Crippen molar-refractivity contribution in [1.29, 1.82) is 5.26 Å². The van der Waals surface area contributed by atoms with E-state index in [1.807, 2.05) is 0 Å². The van der Waals surface area contributed by atoms with Gasteiger partial charge in [-0.05, 0) is 53.8 Å². The number of hydrogen-bond donors (Lipinski definition) is 0. The van der Waals surface area contributed by atoms with E-state index in [-0.39, 0.29) is 16.6 Å². The summed E-state index contributed by atoms with van der Waals surface area (Å²) in [7, 11) is 0. The monoisotopic (exact) mass is 340 g/mol. The molecule has 5 heteroatoms. The van der Waals surface area contributed by atoms with E-state index in [1.165, 1.54) is 24.2 Å². The van der Waals surface area contributed by atoms with Gasteiger partial charge in [-0.25, -0.2) is 0 Å². The largest absolute Gasteiger partial charge is 0.293 e. The number of imide groups is 1. The van der Waals surface area contributed by atoms with Crippen molar-refractivity contribution in [2.24, 2.45) is 5.41 Å². The van der Waals surface area contributed by atoms with Gasteiger partial charge in [0.25, 0.3) is 11.1 Å². The molecule has 0 N–H and O–H groups in total. The van der Waals surface area contributed by atoms with Crippen molar-refractivity contribution in [2.45, 2.75) is 39.0 Å². The summed E-state index contributed by atoms with van der Waals surface area (Å²) in [4.78, 5) is 26.8. The van der Waals surface area contributed by atoms with E-state index >= 15 is 0 Å². The fourth-order valence-corrected chi connectivity index (χ4v) is 4.23. The smallest absolute Gasteiger partial charge is 0.268 e. The number of nitriles is 1. The molecule has 1 aromatic rings. The van der Waals surface area contributed by atoms with Crippen LogP contribution in [0.2, 0.25) is 0 Å². The molecular weight excluding hydrogens is 320 g/mol. The van der Waals surface area contributed by atoms with E-state index in [2.05, 4.69) is 13.0 Å². The van der Waals surface area contributed by atoms with Gasteiger partial charge in [-0.15, -0.1) is 0 Å². The molecule has 1 aliphatic heterocycles. The van der Waals surface area contributed by atoms with Gasteiger partial charge in [-0.3, -0.25) is 14.5 Å². The number of rotatable bonds is 3. The molecule has 2 amide bonds. The van der Waals surface area contributed by atoms with Crippen LogP contribution in [0.3, 0.4) is 0 Å². The Labute approximate surface area is 146 Å². The molecule has 1 saturated carbocycles. The Balaban J connectivity index is 1.75. The molecule has 1 saturated heterocycles. The molecule has 24 heavy (non-hydrogen) atoms. The van der Waals surface area contributed by atoms with Crippen LogP contribution in [0.15, 0.2) is 29.2 Å². The van der Waals surface area contributed by atoms with Gasteiger partial charge in [-0.1, -0.05) is 38.3 Å². The van der Waals surface area contributed by atoms with E-state index < -0.39 is 0 Å². The number of thioether (sulfide) groups is 1. The molecule has 3 rings (SSSR count). The molecule has 0 atom stereocenters. The molecule has 1 aliphatic carbocycles. The van der Waals surface area contributed by atoms with E-state index in [1.54, 1.807) is 30.3 Å². The van der Waals surface area contributed by atoms with Gasteiger partial charge in [0.15, 0.2) is 0 Å². The predicted octanol–water partition coefficient (Wildman–Crippen LogP) is 4.56. The van der Waals surface area contributed by atoms with Gasteiger partial charge in [0.1, 0.15) is 0 Å². The van der Waals surface area contributed by atoms with Crippen molar-refractivity contribution in [3.8, 4) is 6.07 Å². The third-order valence-corrected chi connectivity index (χ3v) is 5.72. The lowest BCUT2D eigenvalue weighted by Gasteiger charge is -2.35. The van der Waals surface area contributed by atoms with Gasteiger partial charge in [-0.2, -0.15) is 5.26 Å². The topological polar surface area (TPSA) is 61.2 Å². The fraction of sp³-hybridized carbons (Fsp3) is 0.421. The first-order valence-electron chi connectivity index (χ1n) is 8.26. The minimum absolute atomic E-state index is 0.0496. The van der Waals surface area contributed by atoms with Crippen LogP contribution in [-0.2, 0) is 4.79 Å². The lowest BCUT2D eigenvalue weighted by Crippen LogP contribution is -2.39. The second kappa shape index (κ2) is 6.82. The third-order valence-electron chi connectivity index (χ3n) is 4.81. The third kappa shape index (κ3) is 3.54. The summed E-state index contributed by atoms with van der Waals surface area (Å²) in [6.07, 6.45) is 7.47. The summed E-state index contributed by atoms with van der Waals surface area (Å²) in [5, 5.41) is 8.65. The highest BCUT2D eigenvalue weighted by atomic mass is 32.2. The first-order chi connectivity index (χ1) is 11.5. The minimum Gasteiger partial charge on any atom is -0.268 e. The minimum atomic E-state index is -0.193. The lowest BCUT2D eigenvalue weighted by molar-refractivity contribution is -0.124. The van der Waals surface area contributed by atoms with Gasteiger partial charge < -0.3 is 0 Å². The zero-order valence-corrected chi connectivity index (χ0v) is 14.6. The molecule has 4 nitrogen and oxygen atoms in total. The summed E-state index contributed by atoms with van der Waals surface area (Å²) >= 11 is 1.01. The molecule has 124 valence electrons. The zero-order valence-electron chi connectivity index (χ0n) is 13.7. The van der Waals surface area contributed by atoms with Crippen molar-refractivity contribution >= 4 is 29.0 Å². The SMILES string of the molecule is CC1(CN2C(=O)SC(=Cc3ccc(C#N)cc3)C2=O)CCCCC1. The van der Waals surface area contributed by atoms with Crippen LogP contribution in [0.5, 0.6) is 0 Å². The van der Waals surface area contributed by atoms with Crippen LogP contribution in [-0.4, -0.2) is 22.6 Å². The Morgan fingerprint density at radius 2 is 1.88 bits per heavy atom. The molecule has 0 spiro atoms. The van der Waals surface area contributed by atoms with Gasteiger partial charge in [0.05, 0.1) is 16.5 Å². The number of hydrogen-bond acceptors (Lipinski definition) is 4. The summed E-state index contributed by atoms with van der Waals surface area (Å²) < 4.78 is 0. The number of benzene rings is 1. The highest BCUT2D eigenvalue weighted by molar-refractivity contribution is 8.18. The van der Waals surface area contributed by atoms with E-state index in [4.69, 9.17) is 5.26 Å². The summed E-state index contributed by atoms with van der Waals surface area (Å²) in [5.41, 5.74) is 1.45. The molecule has 0 aromatic heterocycles. The van der Waals surface area contributed by atoms with Crippen LogP contribution >= 0.6 is 11.8 Å². The Kier molecular flexibility index (Phi) is 4.77. The van der Waals surface area contributed by atoms with E-state index in [0.29, 0.717) is 17.0 Å². The number of amides is 2.